The van der Waals surface area contributed by atoms with E-state index in [-0.39, 0.29) is 18.4 Å². The molecule has 0 amide bonds. The van der Waals surface area contributed by atoms with Gasteiger partial charge >= 0.3 is 5.97 Å². The average Bonchev–Trinajstić information content (AvgIpc) is 3.00. The lowest BCUT2D eigenvalue weighted by Gasteiger charge is -2.29. The molecular weight excluding hydrogens is 330 g/mol. The highest BCUT2D eigenvalue weighted by atomic mass is 35.5. The molecule has 0 radical (unpaired) electrons. The summed E-state index contributed by atoms with van der Waals surface area (Å²) in [6.45, 7) is 7.51. The van der Waals surface area contributed by atoms with E-state index in [4.69, 9.17) is 4.74 Å². The van der Waals surface area contributed by atoms with Gasteiger partial charge < -0.3 is 20.7 Å². The van der Waals surface area contributed by atoms with Gasteiger partial charge in [0, 0.05) is 12.6 Å². The van der Waals surface area contributed by atoms with Crippen molar-refractivity contribution < 1.29 is 9.53 Å². The monoisotopic (exact) mass is 355 g/mol. The van der Waals surface area contributed by atoms with E-state index in [1.165, 1.54) is 0 Å². The average molecular weight is 356 g/mol. The number of halogens is 1. The number of ether oxygens (including phenoxy) is 1. The molecule has 0 atom stereocenters. The lowest BCUT2D eigenvalue weighted by atomic mass is 10.0. The van der Waals surface area contributed by atoms with E-state index in [9.17, 15) is 4.79 Å². The Bertz CT molecular complexity index is 608. The number of aromatic nitrogens is 2. The number of anilines is 1. The Labute approximate surface area is 148 Å². The van der Waals surface area contributed by atoms with Gasteiger partial charge in [0.1, 0.15) is 5.82 Å². The Balaban J connectivity index is 0.00000208. The number of nitrogens with one attached hydrogen (secondary N) is 3. The summed E-state index contributed by atoms with van der Waals surface area (Å²) < 4.78 is 7.15. The van der Waals surface area contributed by atoms with Crippen LogP contribution in [0, 0.1) is 0 Å². The van der Waals surface area contributed by atoms with Gasteiger partial charge in [-0.05, 0) is 39.8 Å². The number of hydrogen-bond acceptors (Lipinski definition) is 6. The van der Waals surface area contributed by atoms with Gasteiger partial charge in [0.25, 0.3) is 0 Å². The topological polar surface area (TPSA) is 80.2 Å². The largest absolute Gasteiger partial charge is 0.463 e. The fourth-order valence-electron chi connectivity index (χ4n) is 3.15. The zero-order chi connectivity index (χ0) is 16.2. The van der Waals surface area contributed by atoms with Crippen molar-refractivity contribution in [3.8, 4) is 0 Å². The first-order chi connectivity index (χ1) is 11.2. The predicted molar refractivity (Wildman–Crippen MR) is 96.2 cm³/mol. The zero-order valence-corrected chi connectivity index (χ0v) is 15.0. The van der Waals surface area contributed by atoms with E-state index in [1.807, 2.05) is 17.8 Å². The van der Waals surface area contributed by atoms with Crippen molar-refractivity contribution in [2.24, 2.45) is 0 Å². The molecule has 3 N–H and O–H groups in total. The number of piperidine rings is 1. The van der Waals surface area contributed by atoms with Crippen molar-refractivity contribution in [2.45, 2.75) is 39.3 Å². The molecule has 2 aliphatic heterocycles. The van der Waals surface area contributed by atoms with Crippen molar-refractivity contribution in [1.82, 2.24) is 20.4 Å². The second-order valence-electron chi connectivity index (χ2n) is 5.82. The van der Waals surface area contributed by atoms with Gasteiger partial charge in [0.05, 0.1) is 36.2 Å². The standard InChI is InChI=1S/C16H25N5O2.ClH/c1-3-21-15-12(10-19-21)14(20-11-5-7-17-8-6-11)13(9-18-15)16(22)23-4-2;/h10-11,17-18,20H,3-9H2,1-2H3;1H. The number of nitrogens with zero attached hydrogens (tertiary/aromatic N) is 2. The predicted octanol–water partition coefficient (Wildman–Crippen LogP) is 1.37. The van der Waals surface area contributed by atoms with Crippen LogP contribution in [0.15, 0.2) is 11.8 Å². The third-order valence-electron chi connectivity index (χ3n) is 4.35. The molecule has 3 rings (SSSR count). The number of hydrogen-bond donors (Lipinski definition) is 3. The molecule has 0 aromatic carbocycles. The third-order valence-corrected chi connectivity index (χ3v) is 4.35. The van der Waals surface area contributed by atoms with Gasteiger partial charge in [0.15, 0.2) is 0 Å². The van der Waals surface area contributed by atoms with Crippen LogP contribution >= 0.6 is 12.4 Å². The van der Waals surface area contributed by atoms with E-state index in [2.05, 4.69) is 28.0 Å². The number of carbonyl (C=O) groups excluding carboxylic acids is 1. The summed E-state index contributed by atoms with van der Waals surface area (Å²) in [6, 6.07) is 0.367. The molecule has 1 saturated heterocycles. The summed E-state index contributed by atoms with van der Waals surface area (Å²) in [5, 5.41) is 14.7. The molecule has 0 bridgehead atoms. The van der Waals surface area contributed by atoms with Crippen LogP contribution in [0.25, 0.3) is 5.70 Å². The Morgan fingerprint density at radius 3 is 2.83 bits per heavy atom. The van der Waals surface area contributed by atoms with Crippen LogP contribution in [0.4, 0.5) is 5.82 Å². The van der Waals surface area contributed by atoms with Gasteiger partial charge in [-0.1, -0.05) is 0 Å². The molecule has 8 heteroatoms. The summed E-state index contributed by atoms with van der Waals surface area (Å²) in [5.74, 6) is 0.711. The maximum absolute atomic E-state index is 12.3. The Morgan fingerprint density at radius 2 is 2.17 bits per heavy atom. The first-order valence-electron chi connectivity index (χ1n) is 8.42. The summed E-state index contributed by atoms with van der Waals surface area (Å²) in [4.78, 5) is 12.3. The van der Waals surface area contributed by atoms with Crippen molar-refractivity contribution in [3.05, 3.63) is 17.3 Å². The Hall–Kier alpha value is -1.73. The molecule has 134 valence electrons. The zero-order valence-electron chi connectivity index (χ0n) is 14.2. The van der Waals surface area contributed by atoms with Gasteiger partial charge in [-0.25, -0.2) is 9.48 Å². The first-order valence-corrected chi connectivity index (χ1v) is 8.42. The van der Waals surface area contributed by atoms with Crippen LogP contribution < -0.4 is 16.0 Å². The number of rotatable bonds is 5. The molecule has 3 heterocycles. The summed E-state index contributed by atoms with van der Waals surface area (Å²) in [6.07, 6.45) is 3.92. The minimum absolute atomic E-state index is 0. The number of carbonyl (C=O) groups is 1. The van der Waals surface area contributed by atoms with E-state index in [0.717, 1.165) is 49.6 Å². The first kappa shape index (κ1) is 18.6. The molecule has 1 aromatic heterocycles. The van der Waals surface area contributed by atoms with Crippen molar-refractivity contribution >= 4 is 29.9 Å². The van der Waals surface area contributed by atoms with Gasteiger partial charge in [-0.2, -0.15) is 5.10 Å². The molecule has 0 saturated carbocycles. The lowest BCUT2D eigenvalue weighted by Crippen LogP contribution is -2.40. The lowest BCUT2D eigenvalue weighted by molar-refractivity contribution is -0.138. The number of fused-ring (bicyclic) bond motifs is 1. The van der Waals surface area contributed by atoms with E-state index >= 15 is 0 Å². The number of aryl methyl sites for hydroxylation is 1. The molecule has 0 spiro atoms. The van der Waals surface area contributed by atoms with Crippen molar-refractivity contribution in [3.63, 3.8) is 0 Å². The molecule has 0 aliphatic carbocycles. The second-order valence-corrected chi connectivity index (χ2v) is 5.82. The molecule has 0 unspecified atom stereocenters. The normalized spacial score (nSPS) is 17.6. The van der Waals surface area contributed by atoms with Crippen LogP contribution in [0.3, 0.4) is 0 Å². The SMILES string of the molecule is CCOC(=O)C1=C(NC2CCNCC2)c2cnn(CC)c2NC1.Cl. The maximum Gasteiger partial charge on any atom is 0.337 e. The maximum atomic E-state index is 12.3. The third kappa shape index (κ3) is 3.67. The number of esters is 1. The smallest absolute Gasteiger partial charge is 0.337 e. The molecule has 7 nitrogen and oxygen atoms in total. The summed E-state index contributed by atoms with van der Waals surface area (Å²) in [5.41, 5.74) is 2.50. The van der Waals surface area contributed by atoms with Crippen LogP contribution in [-0.2, 0) is 16.1 Å². The van der Waals surface area contributed by atoms with E-state index < -0.39 is 0 Å². The minimum atomic E-state index is -0.258. The van der Waals surface area contributed by atoms with Gasteiger partial charge in [-0.15, -0.1) is 12.4 Å². The quantitative estimate of drug-likeness (QED) is 0.692. The highest BCUT2D eigenvalue weighted by molar-refractivity contribution is 6.01. The van der Waals surface area contributed by atoms with Crippen LogP contribution in [-0.4, -0.2) is 48.0 Å². The molecule has 1 fully saturated rings. The molecule has 1 aromatic rings. The van der Waals surface area contributed by atoms with Crippen molar-refractivity contribution in [1.29, 1.82) is 0 Å². The fourth-order valence-corrected chi connectivity index (χ4v) is 3.15. The fraction of sp³-hybridized carbons (Fsp3) is 0.625. The summed E-state index contributed by atoms with van der Waals surface area (Å²) >= 11 is 0. The highest BCUT2D eigenvalue weighted by Gasteiger charge is 2.29. The second kappa shape index (κ2) is 8.39. The van der Waals surface area contributed by atoms with Gasteiger partial charge in [-0.3, -0.25) is 0 Å². The van der Waals surface area contributed by atoms with Gasteiger partial charge in [0.2, 0.25) is 0 Å². The minimum Gasteiger partial charge on any atom is -0.463 e. The molecular formula is C16H26ClN5O2. The Kier molecular flexibility index (Phi) is 6.51. The van der Waals surface area contributed by atoms with E-state index in [1.54, 1.807) is 0 Å². The van der Waals surface area contributed by atoms with E-state index in [0.29, 0.717) is 24.8 Å². The van der Waals surface area contributed by atoms with Crippen LogP contribution in [0.5, 0.6) is 0 Å². The van der Waals surface area contributed by atoms with Crippen LogP contribution in [0.1, 0.15) is 32.3 Å². The molecule has 2 aliphatic rings. The molecule has 24 heavy (non-hydrogen) atoms. The Morgan fingerprint density at radius 1 is 1.42 bits per heavy atom. The van der Waals surface area contributed by atoms with Crippen molar-refractivity contribution in [2.75, 3.05) is 31.6 Å². The summed E-state index contributed by atoms with van der Waals surface area (Å²) in [7, 11) is 0. The highest BCUT2D eigenvalue weighted by Crippen LogP contribution is 2.30. The van der Waals surface area contributed by atoms with Crippen LogP contribution in [0.2, 0.25) is 0 Å².